The van der Waals surface area contributed by atoms with Gasteiger partial charge in [-0.2, -0.15) is 0 Å². The highest BCUT2D eigenvalue weighted by Crippen LogP contribution is 2.39. The van der Waals surface area contributed by atoms with Gasteiger partial charge in [0.15, 0.2) is 0 Å². The summed E-state index contributed by atoms with van der Waals surface area (Å²) < 4.78 is 15.2. The van der Waals surface area contributed by atoms with Crippen molar-refractivity contribution in [2.24, 2.45) is 0 Å². The zero-order valence-corrected chi connectivity index (χ0v) is 20.9. The van der Waals surface area contributed by atoms with Crippen molar-refractivity contribution in [2.45, 2.75) is 57.2 Å². The van der Waals surface area contributed by atoms with Gasteiger partial charge in [0.2, 0.25) is 5.91 Å². The second kappa shape index (κ2) is 11.0. The summed E-state index contributed by atoms with van der Waals surface area (Å²) in [4.78, 5) is 42.5. The number of hydrogen-bond acceptors (Lipinski definition) is 6. The maximum absolute atomic E-state index is 13.8. The van der Waals surface area contributed by atoms with Crippen molar-refractivity contribution >= 4 is 23.4 Å². The molecule has 2 aliphatic rings. The number of aliphatic carboxylic acids is 1. The summed E-state index contributed by atoms with van der Waals surface area (Å²) >= 11 is 0. The summed E-state index contributed by atoms with van der Waals surface area (Å²) in [5.74, 6) is -1.10. The molecule has 0 spiro atoms. The number of halogens is 1. The standard InChI is InChI=1S/C28H30FN5O4/c29-20-5-1-3-19(13-20)23(14-26(36)37)33-25(35)16-34-24(17-6-7-17)11-10-22(28(34)38)31-15-21-9-8-18-4-2-12-30-27(18)32-21/h1,3,5,8-11,13,17,23,31H,2,4,6-7,12,14-16H2,(H,30,32)(H,33,35)(H,36,37)/t23-/m0/s1. The molecular weight excluding hydrogens is 489 g/mol. The second-order valence-corrected chi connectivity index (χ2v) is 9.80. The van der Waals surface area contributed by atoms with E-state index in [1.54, 1.807) is 12.1 Å². The third-order valence-corrected chi connectivity index (χ3v) is 6.88. The van der Waals surface area contributed by atoms with Gasteiger partial charge in [-0.15, -0.1) is 0 Å². The number of pyridine rings is 2. The first-order valence-corrected chi connectivity index (χ1v) is 12.8. The number of carboxylic acids is 1. The Morgan fingerprint density at radius 3 is 2.79 bits per heavy atom. The molecule has 198 valence electrons. The average molecular weight is 520 g/mol. The van der Waals surface area contributed by atoms with Crippen LogP contribution in [0.2, 0.25) is 0 Å². The van der Waals surface area contributed by atoms with E-state index in [1.165, 1.54) is 28.3 Å². The Bertz CT molecular complexity index is 1420. The van der Waals surface area contributed by atoms with E-state index in [4.69, 9.17) is 0 Å². The molecule has 9 nitrogen and oxygen atoms in total. The van der Waals surface area contributed by atoms with Gasteiger partial charge >= 0.3 is 5.97 Å². The van der Waals surface area contributed by atoms with Crippen LogP contribution >= 0.6 is 0 Å². The predicted molar refractivity (Wildman–Crippen MR) is 141 cm³/mol. The van der Waals surface area contributed by atoms with Crippen molar-refractivity contribution in [3.8, 4) is 0 Å². The Labute approximate surface area is 219 Å². The Morgan fingerprint density at radius 2 is 2.03 bits per heavy atom. The van der Waals surface area contributed by atoms with E-state index in [-0.39, 0.29) is 18.0 Å². The molecule has 1 atom stereocenters. The van der Waals surface area contributed by atoms with Gasteiger partial charge in [0.25, 0.3) is 5.56 Å². The summed E-state index contributed by atoms with van der Waals surface area (Å²) in [5.41, 5.74) is 3.11. The molecule has 5 rings (SSSR count). The molecule has 0 saturated heterocycles. The van der Waals surface area contributed by atoms with Crippen molar-refractivity contribution in [1.29, 1.82) is 0 Å². The molecule has 38 heavy (non-hydrogen) atoms. The van der Waals surface area contributed by atoms with E-state index in [0.29, 0.717) is 17.8 Å². The van der Waals surface area contributed by atoms with Crippen LogP contribution in [0.5, 0.6) is 0 Å². The minimum Gasteiger partial charge on any atom is -0.481 e. The molecule has 2 aromatic heterocycles. The number of aryl methyl sites for hydroxylation is 1. The molecule has 3 heterocycles. The van der Waals surface area contributed by atoms with Gasteiger partial charge in [0, 0.05) is 12.2 Å². The van der Waals surface area contributed by atoms with Crippen LogP contribution in [0.25, 0.3) is 0 Å². The quantitative estimate of drug-likeness (QED) is 0.323. The summed E-state index contributed by atoms with van der Waals surface area (Å²) in [5, 5.41) is 18.5. The molecule has 10 heteroatoms. The van der Waals surface area contributed by atoms with Crippen molar-refractivity contribution in [3.05, 3.63) is 87.2 Å². The molecule has 0 unspecified atom stereocenters. The molecule has 0 bridgehead atoms. The van der Waals surface area contributed by atoms with Crippen LogP contribution in [-0.4, -0.2) is 33.1 Å². The number of amides is 1. The smallest absolute Gasteiger partial charge is 0.305 e. The molecule has 3 aromatic rings. The van der Waals surface area contributed by atoms with E-state index < -0.39 is 30.2 Å². The lowest BCUT2D eigenvalue weighted by molar-refractivity contribution is -0.137. The largest absolute Gasteiger partial charge is 0.481 e. The van der Waals surface area contributed by atoms with Crippen molar-refractivity contribution in [2.75, 3.05) is 17.2 Å². The van der Waals surface area contributed by atoms with Crippen LogP contribution < -0.4 is 21.5 Å². The highest BCUT2D eigenvalue weighted by atomic mass is 19.1. The number of aromatic nitrogens is 2. The molecule has 1 aliphatic heterocycles. The van der Waals surface area contributed by atoms with Crippen molar-refractivity contribution in [3.63, 3.8) is 0 Å². The molecule has 1 amide bonds. The molecular formula is C28H30FN5O4. The van der Waals surface area contributed by atoms with Crippen LogP contribution in [0.1, 0.15) is 60.2 Å². The van der Waals surface area contributed by atoms with Crippen molar-refractivity contribution in [1.82, 2.24) is 14.9 Å². The number of rotatable bonds is 10. The maximum Gasteiger partial charge on any atom is 0.305 e. The minimum absolute atomic E-state index is 0.205. The van der Waals surface area contributed by atoms with Crippen molar-refractivity contribution < 1.29 is 19.1 Å². The number of hydrogen-bond donors (Lipinski definition) is 4. The Hall–Kier alpha value is -4.21. The van der Waals surface area contributed by atoms with Gasteiger partial charge < -0.3 is 25.6 Å². The van der Waals surface area contributed by atoms with Gasteiger partial charge in [0.05, 0.1) is 24.7 Å². The van der Waals surface area contributed by atoms with Crippen LogP contribution in [0.15, 0.2) is 53.3 Å². The third kappa shape index (κ3) is 6.01. The number of carbonyl (C=O) groups excluding carboxylic acids is 1. The SMILES string of the molecule is O=C(O)C[C@H](NC(=O)Cn1c(C2CC2)ccc(NCc2ccc3c(n2)NCCC3)c1=O)c1cccc(F)c1. The third-order valence-electron chi connectivity index (χ3n) is 6.88. The predicted octanol–water partition coefficient (Wildman–Crippen LogP) is 3.56. The zero-order chi connectivity index (χ0) is 26.6. The second-order valence-electron chi connectivity index (χ2n) is 9.80. The molecule has 1 aliphatic carbocycles. The summed E-state index contributed by atoms with van der Waals surface area (Å²) in [6.45, 7) is 0.963. The van der Waals surface area contributed by atoms with E-state index in [9.17, 15) is 23.9 Å². The average Bonchev–Trinajstić information content (AvgIpc) is 3.74. The lowest BCUT2D eigenvalue weighted by Crippen LogP contribution is -2.37. The zero-order valence-electron chi connectivity index (χ0n) is 20.9. The number of benzene rings is 1. The fourth-order valence-corrected chi connectivity index (χ4v) is 4.81. The molecule has 1 aromatic carbocycles. The first kappa shape index (κ1) is 25.4. The van der Waals surface area contributed by atoms with Crippen LogP contribution in [0, 0.1) is 5.82 Å². The molecule has 1 fully saturated rings. The Balaban J connectivity index is 1.33. The fraction of sp³-hybridized carbons (Fsp3) is 0.357. The number of fused-ring (bicyclic) bond motifs is 1. The lowest BCUT2D eigenvalue weighted by atomic mass is 10.0. The monoisotopic (exact) mass is 519 g/mol. The van der Waals surface area contributed by atoms with Crippen LogP contribution in [-0.2, 0) is 29.1 Å². The topological polar surface area (TPSA) is 125 Å². The molecule has 1 saturated carbocycles. The summed E-state index contributed by atoms with van der Waals surface area (Å²) in [7, 11) is 0. The number of carboxylic acid groups (broad SMARTS) is 1. The maximum atomic E-state index is 13.8. The van der Waals surface area contributed by atoms with Gasteiger partial charge in [-0.1, -0.05) is 18.2 Å². The molecule has 4 N–H and O–H groups in total. The van der Waals surface area contributed by atoms with Gasteiger partial charge in [0.1, 0.15) is 23.9 Å². The number of nitrogens with one attached hydrogen (secondary N) is 3. The normalized spacial score (nSPS) is 15.2. The number of anilines is 2. The Kier molecular flexibility index (Phi) is 7.39. The van der Waals surface area contributed by atoms with E-state index in [2.05, 4.69) is 27.0 Å². The van der Waals surface area contributed by atoms with E-state index >= 15 is 0 Å². The summed E-state index contributed by atoms with van der Waals surface area (Å²) in [6, 6.07) is 12.1. The van der Waals surface area contributed by atoms with E-state index in [0.717, 1.165) is 49.4 Å². The fourth-order valence-electron chi connectivity index (χ4n) is 4.81. The minimum atomic E-state index is -1.13. The van der Waals surface area contributed by atoms with E-state index in [1.807, 2.05) is 12.1 Å². The Morgan fingerprint density at radius 1 is 1.18 bits per heavy atom. The number of carbonyl (C=O) groups is 2. The first-order chi connectivity index (χ1) is 18.4. The number of nitrogens with zero attached hydrogens (tertiary/aromatic N) is 2. The summed E-state index contributed by atoms with van der Waals surface area (Å²) in [6.07, 6.45) is 3.52. The highest BCUT2D eigenvalue weighted by Gasteiger charge is 2.28. The lowest BCUT2D eigenvalue weighted by Gasteiger charge is -2.20. The van der Waals surface area contributed by atoms with Crippen LogP contribution in [0.4, 0.5) is 15.9 Å². The van der Waals surface area contributed by atoms with Crippen LogP contribution in [0.3, 0.4) is 0 Å². The van der Waals surface area contributed by atoms with Gasteiger partial charge in [-0.05, 0) is 73.1 Å². The molecule has 0 radical (unpaired) electrons. The first-order valence-electron chi connectivity index (χ1n) is 12.8. The van der Waals surface area contributed by atoms with Gasteiger partial charge in [-0.3, -0.25) is 14.4 Å². The highest BCUT2D eigenvalue weighted by molar-refractivity contribution is 5.78. The van der Waals surface area contributed by atoms with Gasteiger partial charge in [-0.25, -0.2) is 9.37 Å².